The van der Waals surface area contributed by atoms with Crippen molar-refractivity contribution in [3.63, 3.8) is 0 Å². The normalized spacial score (nSPS) is 18.6. The summed E-state index contributed by atoms with van der Waals surface area (Å²) in [4.78, 5) is 41.0. The highest BCUT2D eigenvalue weighted by Gasteiger charge is 2.28. The second-order valence-electron chi connectivity index (χ2n) is 6.11. The van der Waals surface area contributed by atoms with Crippen molar-refractivity contribution in [1.29, 1.82) is 0 Å². The highest BCUT2D eigenvalue weighted by atomic mass is 16.5. The number of imide groups is 1. The molecule has 0 aliphatic carbocycles. The number of nitrogens with zero attached hydrogens (tertiary/aromatic N) is 3. The van der Waals surface area contributed by atoms with Gasteiger partial charge in [-0.05, 0) is 24.3 Å². The van der Waals surface area contributed by atoms with Crippen LogP contribution in [0.15, 0.2) is 24.3 Å². The SMILES string of the molecule is COCCN1CCN(C(=O)c2ccc(N3CC(=O)NC3=O)cc2)CC1. The quantitative estimate of drug-likeness (QED) is 0.768. The summed E-state index contributed by atoms with van der Waals surface area (Å²) in [6.07, 6.45) is 0. The van der Waals surface area contributed by atoms with Crippen LogP contribution >= 0.6 is 0 Å². The van der Waals surface area contributed by atoms with Gasteiger partial charge in [-0.25, -0.2) is 4.79 Å². The third-order valence-corrected chi connectivity index (χ3v) is 4.49. The second kappa shape index (κ2) is 7.62. The first kappa shape index (κ1) is 17.4. The Labute approximate surface area is 146 Å². The molecule has 0 atom stereocenters. The minimum Gasteiger partial charge on any atom is -0.383 e. The average molecular weight is 346 g/mol. The van der Waals surface area contributed by atoms with Crippen LogP contribution in [0.3, 0.4) is 0 Å². The predicted octanol–water partition coefficient (Wildman–Crippen LogP) is 0.147. The van der Waals surface area contributed by atoms with E-state index in [0.29, 0.717) is 30.9 Å². The van der Waals surface area contributed by atoms with Crippen molar-refractivity contribution >= 4 is 23.5 Å². The summed E-state index contributed by atoms with van der Waals surface area (Å²) in [5, 5.41) is 2.23. The number of urea groups is 1. The van der Waals surface area contributed by atoms with Gasteiger partial charge in [0.25, 0.3) is 5.91 Å². The van der Waals surface area contributed by atoms with Crippen molar-refractivity contribution in [3.05, 3.63) is 29.8 Å². The van der Waals surface area contributed by atoms with E-state index >= 15 is 0 Å². The van der Waals surface area contributed by atoms with Crippen molar-refractivity contribution in [2.75, 3.05) is 57.9 Å². The van der Waals surface area contributed by atoms with Gasteiger partial charge in [0.05, 0.1) is 6.61 Å². The molecule has 0 saturated carbocycles. The van der Waals surface area contributed by atoms with Crippen LogP contribution in [-0.2, 0) is 9.53 Å². The van der Waals surface area contributed by atoms with Gasteiger partial charge in [-0.15, -0.1) is 0 Å². The third-order valence-electron chi connectivity index (χ3n) is 4.49. The summed E-state index contributed by atoms with van der Waals surface area (Å²) in [5.74, 6) is -0.337. The lowest BCUT2D eigenvalue weighted by atomic mass is 10.1. The zero-order valence-corrected chi connectivity index (χ0v) is 14.2. The molecule has 0 bridgehead atoms. The van der Waals surface area contributed by atoms with Crippen LogP contribution < -0.4 is 10.2 Å². The smallest absolute Gasteiger partial charge is 0.329 e. The maximum absolute atomic E-state index is 12.6. The summed E-state index contributed by atoms with van der Waals surface area (Å²) in [7, 11) is 1.69. The topological polar surface area (TPSA) is 82.2 Å². The van der Waals surface area contributed by atoms with Gasteiger partial charge in [0.15, 0.2) is 0 Å². The minimum atomic E-state index is -0.434. The van der Waals surface area contributed by atoms with Crippen LogP contribution in [0.2, 0.25) is 0 Å². The summed E-state index contributed by atoms with van der Waals surface area (Å²) in [5.41, 5.74) is 1.18. The van der Waals surface area contributed by atoms with Crippen LogP contribution in [0.25, 0.3) is 0 Å². The lowest BCUT2D eigenvalue weighted by molar-refractivity contribution is -0.117. The van der Waals surface area contributed by atoms with Gasteiger partial charge in [0.1, 0.15) is 6.54 Å². The number of methoxy groups -OCH3 is 1. The van der Waals surface area contributed by atoms with E-state index in [4.69, 9.17) is 4.74 Å². The molecule has 2 aliphatic rings. The number of hydrogen-bond acceptors (Lipinski definition) is 5. The maximum atomic E-state index is 12.6. The standard InChI is InChI=1S/C17H22N4O4/c1-25-11-10-19-6-8-20(9-7-19)16(23)13-2-4-14(5-3-13)21-12-15(22)18-17(21)24/h2-5H,6-12H2,1H3,(H,18,22,24). The zero-order chi connectivity index (χ0) is 17.8. The van der Waals surface area contributed by atoms with Crippen LogP contribution in [0.5, 0.6) is 0 Å². The Morgan fingerprint density at radius 2 is 1.80 bits per heavy atom. The van der Waals surface area contributed by atoms with Crippen molar-refractivity contribution in [2.45, 2.75) is 0 Å². The van der Waals surface area contributed by atoms with Crippen LogP contribution in [0.4, 0.5) is 10.5 Å². The van der Waals surface area contributed by atoms with Crippen molar-refractivity contribution in [2.24, 2.45) is 0 Å². The molecule has 2 heterocycles. The van der Waals surface area contributed by atoms with Crippen LogP contribution in [-0.4, -0.2) is 80.6 Å². The molecule has 1 N–H and O–H groups in total. The summed E-state index contributed by atoms with van der Waals surface area (Å²) in [6, 6.07) is 6.35. The Kier molecular flexibility index (Phi) is 5.30. The number of ether oxygens (including phenoxy) is 1. The molecule has 1 aromatic carbocycles. The average Bonchev–Trinajstić information content (AvgIpc) is 2.98. The van der Waals surface area contributed by atoms with Crippen molar-refractivity contribution < 1.29 is 19.1 Å². The molecular weight excluding hydrogens is 324 g/mol. The summed E-state index contributed by atoms with van der Waals surface area (Å²) in [6.45, 7) is 4.63. The molecule has 1 aromatic rings. The Morgan fingerprint density at radius 3 is 2.36 bits per heavy atom. The predicted molar refractivity (Wildman–Crippen MR) is 91.5 cm³/mol. The molecule has 25 heavy (non-hydrogen) atoms. The molecule has 0 radical (unpaired) electrons. The Balaban J connectivity index is 1.58. The van der Waals surface area contributed by atoms with Crippen molar-refractivity contribution in [3.8, 4) is 0 Å². The van der Waals surface area contributed by atoms with E-state index in [2.05, 4.69) is 10.2 Å². The number of carbonyl (C=O) groups is 3. The van der Waals surface area contributed by atoms with E-state index in [1.54, 1.807) is 31.4 Å². The minimum absolute atomic E-state index is 0.00948. The second-order valence-corrected chi connectivity index (χ2v) is 6.11. The molecule has 0 aromatic heterocycles. The van der Waals surface area contributed by atoms with Crippen LogP contribution in [0, 0.1) is 0 Å². The first-order chi connectivity index (χ1) is 12.1. The molecule has 0 spiro atoms. The van der Waals surface area contributed by atoms with E-state index in [0.717, 1.165) is 19.6 Å². The number of carbonyl (C=O) groups excluding carboxylic acids is 3. The Hall–Kier alpha value is -2.45. The zero-order valence-electron chi connectivity index (χ0n) is 14.2. The number of hydrogen-bond donors (Lipinski definition) is 1. The third kappa shape index (κ3) is 3.97. The maximum Gasteiger partial charge on any atom is 0.329 e. The van der Waals surface area contributed by atoms with E-state index in [9.17, 15) is 14.4 Å². The van der Waals surface area contributed by atoms with Crippen molar-refractivity contribution in [1.82, 2.24) is 15.1 Å². The number of anilines is 1. The number of nitrogens with one attached hydrogen (secondary N) is 1. The molecule has 8 nitrogen and oxygen atoms in total. The van der Waals surface area contributed by atoms with Gasteiger partial charge in [0, 0.05) is 51.1 Å². The van der Waals surface area contributed by atoms with Gasteiger partial charge in [0.2, 0.25) is 5.91 Å². The Bertz CT molecular complexity index is 653. The van der Waals surface area contributed by atoms with E-state index in [-0.39, 0.29) is 18.4 Å². The fourth-order valence-corrected chi connectivity index (χ4v) is 3.01. The van der Waals surface area contributed by atoms with Gasteiger partial charge < -0.3 is 9.64 Å². The van der Waals surface area contributed by atoms with Gasteiger partial charge >= 0.3 is 6.03 Å². The number of amides is 4. The highest BCUT2D eigenvalue weighted by molar-refractivity contribution is 6.12. The van der Waals surface area contributed by atoms with E-state index in [1.165, 1.54) is 4.90 Å². The fourth-order valence-electron chi connectivity index (χ4n) is 3.01. The highest BCUT2D eigenvalue weighted by Crippen LogP contribution is 2.19. The molecule has 2 saturated heterocycles. The lowest BCUT2D eigenvalue weighted by Gasteiger charge is -2.34. The molecule has 134 valence electrons. The molecule has 2 aliphatic heterocycles. The summed E-state index contributed by atoms with van der Waals surface area (Å²) < 4.78 is 5.08. The monoisotopic (exact) mass is 346 g/mol. The Morgan fingerprint density at radius 1 is 1.12 bits per heavy atom. The molecule has 0 unspecified atom stereocenters. The van der Waals surface area contributed by atoms with E-state index < -0.39 is 6.03 Å². The fraction of sp³-hybridized carbons (Fsp3) is 0.471. The number of benzene rings is 1. The molecule has 4 amide bonds. The molecule has 8 heteroatoms. The molecule has 3 rings (SSSR count). The first-order valence-electron chi connectivity index (χ1n) is 8.30. The largest absolute Gasteiger partial charge is 0.383 e. The van der Waals surface area contributed by atoms with E-state index in [1.807, 2.05) is 4.90 Å². The van der Waals surface area contributed by atoms with Crippen LogP contribution in [0.1, 0.15) is 10.4 Å². The van der Waals surface area contributed by atoms with Gasteiger partial charge in [-0.2, -0.15) is 0 Å². The number of rotatable bonds is 5. The van der Waals surface area contributed by atoms with Gasteiger partial charge in [-0.1, -0.05) is 0 Å². The first-order valence-corrected chi connectivity index (χ1v) is 8.30. The molecule has 2 fully saturated rings. The molecular formula is C17H22N4O4. The van der Waals surface area contributed by atoms with Gasteiger partial charge in [-0.3, -0.25) is 24.7 Å². The number of piperazine rings is 1. The lowest BCUT2D eigenvalue weighted by Crippen LogP contribution is -2.49. The summed E-state index contributed by atoms with van der Waals surface area (Å²) >= 11 is 0.